The lowest BCUT2D eigenvalue weighted by Gasteiger charge is -2.27. The SMILES string of the molecule is c1ccc(-c2cccc(-c3cccc(N(c4ccc(-c5ccc6ccccc6c5)cc4)c4ccc(-c5cccc6ccccc56)c5oc6ccccc6c45)c3)c2)cc1. The molecule has 0 unspecified atom stereocenters. The molecule has 11 aromatic rings. The summed E-state index contributed by atoms with van der Waals surface area (Å²) >= 11 is 0. The lowest BCUT2D eigenvalue weighted by molar-refractivity contribution is 0.670. The van der Waals surface area contributed by atoms with Crippen molar-refractivity contribution in [3.8, 4) is 44.5 Å². The maximum absolute atomic E-state index is 6.88. The molecule has 0 amide bonds. The second kappa shape index (κ2) is 14.1. The molecular formula is C56H37NO. The zero-order valence-electron chi connectivity index (χ0n) is 31.7. The first-order valence-electron chi connectivity index (χ1n) is 19.8. The Balaban J connectivity index is 1.11. The van der Waals surface area contributed by atoms with E-state index < -0.39 is 0 Å². The largest absolute Gasteiger partial charge is 0.455 e. The van der Waals surface area contributed by atoms with Gasteiger partial charge >= 0.3 is 0 Å². The summed E-state index contributed by atoms with van der Waals surface area (Å²) in [5.41, 5.74) is 14.2. The van der Waals surface area contributed by atoms with Crippen molar-refractivity contribution in [1.82, 2.24) is 0 Å². The Bertz CT molecular complexity index is 3280. The normalized spacial score (nSPS) is 11.4. The number of rotatable bonds is 7. The van der Waals surface area contributed by atoms with Crippen LogP contribution in [0.2, 0.25) is 0 Å². The molecule has 0 bridgehead atoms. The second-order valence-corrected chi connectivity index (χ2v) is 14.9. The summed E-state index contributed by atoms with van der Waals surface area (Å²) in [7, 11) is 0. The summed E-state index contributed by atoms with van der Waals surface area (Å²) in [6.07, 6.45) is 0. The monoisotopic (exact) mass is 739 g/mol. The van der Waals surface area contributed by atoms with Crippen LogP contribution in [0.3, 0.4) is 0 Å². The number of anilines is 3. The minimum absolute atomic E-state index is 0.865. The van der Waals surface area contributed by atoms with Crippen LogP contribution in [-0.4, -0.2) is 0 Å². The van der Waals surface area contributed by atoms with Crippen LogP contribution >= 0.6 is 0 Å². The van der Waals surface area contributed by atoms with Crippen molar-refractivity contribution in [3.05, 3.63) is 224 Å². The smallest absolute Gasteiger partial charge is 0.145 e. The average Bonchev–Trinajstić information content (AvgIpc) is 3.70. The van der Waals surface area contributed by atoms with Crippen LogP contribution in [0.5, 0.6) is 0 Å². The summed E-state index contributed by atoms with van der Waals surface area (Å²) in [4.78, 5) is 2.39. The zero-order chi connectivity index (χ0) is 38.4. The maximum Gasteiger partial charge on any atom is 0.145 e. The molecule has 10 aromatic carbocycles. The molecule has 1 heterocycles. The highest BCUT2D eigenvalue weighted by Gasteiger charge is 2.23. The quantitative estimate of drug-likeness (QED) is 0.162. The molecule has 0 aliphatic heterocycles. The third-order valence-electron chi connectivity index (χ3n) is 11.4. The maximum atomic E-state index is 6.88. The van der Waals surface area contributed by atoms with Gasteiger partial charge in [-0.15, -0.1) is 0 Å². The molecule has 0 atom stereocenters. The van der Waals surface area contributed by atoms with Gasteiger partial charge in [0.15, 0.2) is 0 Å². The Hall–Kier alpha value is -7.68. The van der Waals surface area contributed by atoms with Gasteiger partial charge in [-0.1, -0.05) is 170 Å². The van der Waals surface area contributed by atoms with Gasteiger partial charge in [-0.25, -0.2) is 0 Å². The molecule has 2 heteroatoms. The number of fused-ring (bicyclic) bond motifs is 5. The molecule has 0 N–H and O–H groups in total. The molecule has 0 aliphatic rings. The van der Waals surface area contributed by atoms with Crippen LogP contribution in [-0.2, 0) is 0 Å². The first-order valence-corrected chi connectivity index (χ1v) is 19.8. The fourth-order valence-corrected chi connectivity index (χ4v) is 8.60. The fraction of sp³-hybridized carbons (Fsp3) is 0. The molecule has 0 fully saturated rings. The van der Waals surface area contributed by atoms with E-state index in [0.29, 0.717) is 0 Å². The van der Waals surface area contributed by atoms with Crippen LogP contribution in [0.25, 0.3) is 88.0 Å². The third-order valence-corrected chi connectivity index (χ3v) is 11.4. The standard InChI is InChI=1S/C56H37NO/c1-2-13-38(14-3-1)43-19-10-20-44(35-43)45-21-11-22-48(37-45)57(47-31-29-40(30-32-47)46-28-27-39-15-4-5-17-42(39)36-46)53-34-33-51(50-25-12-18-41-16-6-7-23-49(41)50)56-55(53)52-24-8-9-26-54(52)58-56/h1-37H. The summed E-state index contributed by atoms with van der Waals surface area (Å²) in [6, 6.07) is 80.6. The van der Waals surface area contributed by atoms with Crippen LogP contribution < -0.4 is 4.90 Å². The Labute approximate surface area is 337 Å². The van der Waals surface area contributed by atoms with Crippen LogP contribution in [0.4, 0.5) is 17.1 Å². The molecule has 0 aliphatic carbocycles. The predicted octanol–water partition coefficient (Wildman–Crippen LogP) is 16.0. The van der Waals surface area contributed by atoms with E-state index in [-0.39, 0.29) is 0 Å². The molecule has 0 spiro atoms. The summed E-state index contributed by atoms with van der Waals surface area (Å²) in [6.45, 7) is 0. The number of benzene rings is 10. The minimum Gasteiger partial charge on any atom is -0.455 e. The van der Waals surface area contributed by atoms with E-state index in [1.165, 1.54) is 49.4 Å². The predicted molar refractivity (Wildman–Crippen MR) is 245 cm³/mol. The van der Waals surface area contributed by atoms with E-state index >= 15 is 0 Å². The average molecular weight is 740 g/mol. The molecule has 2 nitrogen and oxygen atoms in total. The van der Waals surface area contributed by atoms with Gasteiger partial charge < -0.3 is 9.32 Å². The fourth-order valence-electron chi connectivity index (χ4n) is 8.60. The van der Waals surface area contributed by atoms with E-state index in [0.717, 1.165) is 55.7 Å². The molecule has 1 aromatic heterocycles. The topological polar surface area (TPSA) is 16.4 Å². The number of hydrogen-bond acceptors (Lipinski definition) is 2. The van der Waals surface area contributed by atoms with E-state index in [1.54, 1.807) is 0 Å². The van der Waals surface area contributed by atoms with Crippen molar-refractivity contribution in [2.24, 2.45) is 0 Å². The number of hydrogen-bond donors (Lipinski definition) is 0. The Morgan fingerprint density at radius 1 is 0.310 bits per heavy atom. The minimum atomic E-state index is 0.865. The lowest BCUT2D eigenvalue weighted by Crippen LogP contribution is -2.10. The van der Waals surface area contributed by atoms with Crippen molar-refractivity contribution >= 4 is 60.5 Å². The van der Waals surface area contributed by atoms with Gasteiger partial charge in [0, 0.05) is 22.3 Å². The molecule has 58 heavy (non-hydrogen) atoms. The zero-order valence-corrected chi connectivity index (χ0v) is 31.7. The Kier molecular flexibility index (Phi) is 8.19. The van der Waals surface area contributed by atoms with Gasteiger partial charge in [0.25, 0.3) is 0 Å². The van der Waals surface area contributed by atoms with Gasteiger partial charge in [0.2, 0.25) is 0 Å². The molecule has 0 saturated heterocycles. The number of nitrogens with zero attached hydrogens (tertiary/aromatic N) is 1. The summed E-state index contributed by atoms with van der Waals surface area (Å²) in [5.74, 6) is 0. The Morgan fingerprint density at radius 3 is 1.74 bits per heavy atom. The van der Waals surface area contributed by atoms with Gasteiger partial charge in [-0.05, 0) is 115 Å². The van der Waals surface area contributed by atoms with E-state index in [9.17, 15) is 0 Å². The summed E-state index contributed by atoms with van der Waals surface area (Å²) < 4.78 is 6.88. The van der Waals surface area contributed by atoms with Gasteiger partial charge in [0.05, 0.1) is 11.1 Å². The third kappa shape index (κ3) is 5.91. The van der Waals surface area contributed by atoms with E-state index in [4.69, 9.17) is 4.42 Å². The Morgan fingerprint density at radius 2 is 0.897 bits per heavy atom. The van der Waals surface area contributed by atoms with E-state index in [2.05, 4.69) is 229 Å². The second-order valence-electron chi connectivity index (χ2n) is 14.9. The van der Waals surface area contributed by atoms with Crippen molar-refractivity contribution in [2.45, 2.75) is 0 Å². The van der Waals surface area contributed by atoms with Crippen molar-refractivity contribution < 1.29 is 4.42 Å². The van der Waals surface area contributed by atoms with Crippen LogP contribution in [0, 0.1) is 0 Å². The molecule has 0 saturated carbocycles. The summed E-state index contributed by atoms with van der Waals surface area (Å²) in [5, 5.41) is 7.04. The van der Waals surface area contributed by atoms with Crippen molar-refractivity contribution in [1.29, 1.82) is 0 Å². The van der Waals surface area contributed by atoms with Gasteiger partial charge in [0.1, 0.15) is 11.2 Å². The molecular weight excluding hydrogens is 703 g/mol. The highest BCUT2D eigenvalue weighted by atomic mass is 16.3. The molecule has 272 valence electrons. The number of para-hydroxylation sites is 1. The van der Waals surface area contributed by atoms with Gasteiger partial charge in [-0.2, -0.15) is 0 Å². The molecule has 11 rings (SSSR count). The lowest BCUT2D eigenvalue weighted by atomic mass is 9.95. The first kappa shape index (κ1) is 33.6. The van der Waals surface area contributed by atoms with Crippen molar-refractivity contribution in [3.63, 3.8) is 0 Å². The number of furan rings is 1. The molecule has 0 radical (unpaired) electrons. The van der Waals surface area contributed by atoms with Crippen LogP contribution in [0.1, 0.15) is 0 Å². The van der Waals surface area contributed by atoms with Crippen LogP contribution in [0.15, 0.2) is 229 Å². The van der Waals surface area contributed by atoms with E-state index in [1.807, 2.05) is 0 Å². The van der Waals surface area contributed by atoms with Crippen molar-refractivity contribution in [2.75, 3.05) is 4.90 Å². The highest BCUT2D eigenvalue weighted by Crippen LogP contribution is 2.47. The van der Waals surface area contributed by atoms with Gasteiger partial charge in [-0.3, -0.25) is 0 Å². The highest BCUT2D eigenvalue weighted by molar-refractivity contribution is 6.18. The first-order chi connectivity index (χ1) is 28.7.